The molecule has 0 spiro atoms. The highest BCUT2D eigenvalue weighted by molar-refractivity contribution is 5.91. The molecule has 3 aromatic heterocycles. The Bertz CT molecular complexity index is 1020. The van der Waals surface area contributed by atoms with Crippen molar-refractivity contribution in [2.45, 2.75) is 66.5 Å². The molecule has 1 amide bonds. The maximum absolute atomic E-state index is 12.7. The summed E-state index contributed by atoms with van der Waals surface area (Å²) < 4.78 is 3.47. The summed E-state index contributed by atoms with van der Waals surface area (Å²) in [6, 6.07) is 1.85. The van der Waals surface area contributed by atoms with Gasteiger partial charge in [-0.05, 0) is 26.7 Å². The lowest BCUT2D eigenvalue weighted by Gasteiger charge is -2.23. The predicted octanol–water partition coefficient (Wildman–Crippen LogP) is 2.98. The van der Waals surface area contributed by atoms with Crippen LogP contribution in [0.1, 0.15) is 52.1 Å². The molecule has 0 saturated heterocycles. The van der Waals surface area contributed by atoms with E-state index in [2.05, 4.69) is 44.1 Å². The van der Waals surface area contributed by atoms with Crippen molar-refractivity contribution in [3.05, 3.63) is 18.1 Å². The molecular weight excluding hydrogens is 394 g/mol. The minimum atomic E-state index is -0.179. The van der Waals surface area contributed by atoms with E-state index in [0.717, 1.165) is 50.3 Å². The molecule has 0 saturated carbocycles. The SMILES string of the molecule is CCCCN(CCCC)c1nc(N)nc2c1ncn2CC(=O)Nc1cc(C)nn1CC. The number of aryl methyl sites for hydroxylation is 2. The summed E-state index contributed by atoms with van der Waals surface area (Å²) >= 11 is 0. The van der Waals surface area contributed by atoms with Crippen molar-refractivity contribution in [3.63, 3.8) is 0 Å². The number of rotatable bonds is 11. The third-order valence-corrected chi connectivity index (χ3v) is 5.11. The molecule has 0 aliphatic carbocycles. The second-order valence-electron chi connectivity index (χ2n) is 7.68. The van der Waals surface area contributed by atoms with E-state index in [1.54, 1.807) is 15.6 Å². The maximum atomic E-state index is 12.7. The zero-order valence-corrected chi connectivity index (χ0v) is 18.9. The lowest BCUT2D eigenvalue weighted by atomic mass is 10.2. The molecule has 31 heavy (non-hydrogen) atoms. The molecule has 3 N–H and O–H groups in total. The van der Waals surface area contributed by atoms with Gasteiger partial charge in [-0.15, -0.1) is 0 Å². The largest absolute Gasteiger partial charge is 0.368 e. The summed E-state index contributed by atoms with van der Waals surface area (Å²) in [6.07, 6.45) is 5.93. The van der Waals surface area contributed by atoms with Gasteiger partial charge in [0, 0.05) is 25.7 Å². The number of hydrogen-bond donors (Lipinski definition) is 2. The molecular formula is C21H33N9O. The molecule has 10 heteroatoms. The first-order valence-electron chi connectivity index (χ1n) is 11.0. The molecule has 10 nitrogen and oxygen atoms in total. The highest BCUT2D eigenvalue weighted by Crippen LogP contribution is 2.24. The normalized spacial score (nSPS) is 11.2. The highest BCUT2D eigenvalue weighted by Gasteiger charge is 2.19. The van der Waals surface area contributed by atoms with Gasteiger partial charge in [-0.1, -0.05) is 26.7 Å². The highest BCUT2D eigenvalue weighted by atomic mass is 16.2. The first kappa shape index (κ1) is 22.5. The van der Waals surface area contributed by atoms with Crippen molar-refractivity contribution in [2.24, 2.45) is 0 Å². The first-order valence-corrected chi connectivity index (χ1v) is 11.0. The van der Waals surface area contributed by atoms with Gasteiger partial charge in [-0.2, -0.15) is 15.1 Å². The van der Waals surface area contributed by atoms with Crippen molar-refractivity contribution in [1.29, 1.82) is 0 Å². The van der Waals surface area contributed by atoms with Gasteiger partial charge in [0.1, 0.15) is 12.4 Å². The van der Waals surface area contributed by atoms with Crippen LogP contribution < -0.4 is 16.0 Å². The molecule has 0 radical (unpaired) electrons. The number of carbonyl (C=O) groups excluding carboxylic acids is 1. The van der Waals surface area contributed by atoms with Gasteiger partial charge in [0.05, 0.1) is 12.0 Å². The summed E-state index contributed by atoms with van der Waals surface area (Å²) in [6.45, 7) is 10.7. The average Bonchev–Trinajstić information content (AvgIpc) is 3.30. The Hall–Kier alpha value is -3.17. The van der Waals surface area contributed by atoms with Crippen molar-refractivity contribution in [1.82, 2.24) is 29.3 Å². The first-order chi connectivity index (χ1) is 15.0. The topological polar surface area (TPSA) is 120 Å². The fourth-order valence-corrected chi connectivity index (χ4v) is 3.53. The summed E-state index contributed by atoms with van der Waals surface area (Å²) in [4.78, 5) is 28.3. The number of carbonyl (C=O) groups is 1. The van der Waals surface area contributed by atoms with Gasteiger partial charge in [-0.3, -0.25) is 4.79 Å². The molecule has 0 bridgehead atoms. The van der Waals surface area contributed by atoms with E-state index in [-0.39, 0.29) is 18.4 Å². The van der Waals surface area contributed by atoms with Gasteiger partial charge >= 0.3 is 0 Å². The summed E-state index contributed by atoms with van der Waals surface area (Å²) in [5.74, 6) is 1.42. The third-order valence-electron chi connectivity index (χ3n) is 5.11. The molecule has 0 atom stereocenters. The zero-order valence-electron chi connectivity index (χ0n) is 18.9. The Kier molecular flexibility index (Phi) is 7.43. The number of imidazole rings is 1. The quantitative estimate of drug-likeness (QED) is 0.483. The molecule has 168 valence electrons. The van der Waals surface area contributed by atoms with Crippen LogP contribution in [0, 0.1) is 6.92 Å². The van der Waals surface area contributed by atoms with Gasteiger partial charge < -0.3 is 20.5 Å². The summed E-state index contributed by atoms with van der Waals surface area (Å²) in [5, 5.41) is 7.28. The molecule has 0 aliphatic rings. The van der Waals surface area contributed by atoms with E-state index in [4.69, 9.17) is 5.73 Å². The number of nitrogens with zero attached hydrogens (tertiary/aromatic N) is 7. The standard InChI is InChI=1S/C21H33N9O/c1-5-8-10-28(11-9-6-2)19-18-20(26-21(22)25-19)29(14-23-18)13-17(31)24-16-12-15(4)27-30(16)7-3/h12,14H,5-11,13H2,1-4H3,(H,24,31)(H2,22,25,26). The molecule has 0 aliphatic heterocycles. The molecule has 0 aromatic carbocycles. The van der Waals surface area contributed by atoms with Crippen molar-refractivity contribution >= 4 is 34.7 Å². The van der Waals surface area contributed by atoms with Crippen LogP contribution >= 0.6 is 0 Å². The monoisotopic (exact) mass is 427 g/mol. The van der Waals surface area contributed by atoms with Crippen LogP contribution in [0.2, 0.25) is 0 Å². The number of nitrogens with two attached hydrogens (primary N) is 1. The third kappa shape index (κ3) is 5.31. The number of unbranched alkanes of at least 4 members (excludes halogenated alkanes) is 2. The van der Waals surface area contributed by atoms with Crippen LogP contribution in [0.25, 0.3) is 11.2 Å². The lowest BCUT2D eigenvalue weighted by molar-refractivity contribution is -0.116. The van der Waals surface area contributed by atoms with Crippen LogP contribution in [-0.4, -0.2) is 48.3 Å². The van der Waals surface area contributed by atoms with E-state index in [1.165, 1.54) is 0 Å². The Labute approximate surface area is 182 Å². The van der Waals surface area contributed by atoms with E-state index in [0.29, 0.717) is 23.5 Å². The second kappa shape index (κ2) is 10.2. The van der Waals surface area contributed by atoms with Crippen molar-refractivity contribution in [2.75, 3.05) is 29.0 Å². The van der Waals surface area contributed by atoms with Gasteiger partial charge in [0.2, 0.25) is 11.9 Å². The fraction of sp³-hybridized carbons (Fsp3) is 0.571. The lowest BCUT2D eigenvalue weighted by Crippen LogP contribution is -2.27. The molecule has 3 rings (SSSR count). The summed E-state index contributed by atoms with van der Waals surface area (Å²) in [7, 11) is 0. The van der Waals surface area contributed by atoms with E-state index >= 15 is 0 Å². The number of nitrogens with one attached hydrogen (secondary N) is 1. The second-order valence-corrected chi connectivity index (χ2v) is 7.68. The Balaban J connectivity index is 1.86. The predicted molar refractivity (Wildman–Crippen MR) is 123 cm³/mol. The van der Waals surface area contributed by atoms with Crippen molar-refractivity contribution < 1.29 is 4.79 Å². The molecule has 3 aromatic rings. The van der Waals surface area contributed by atoms with Gasteiger partial charge in [0.25, 0.3) is 0 Å². The van der Waals surface area contributed by atoms with Gasteiger partial charge in [0.15, 0.2) is 17.0 Å². The maximum Gasteiger partial charge on any atom is 0.245 e. The van der Waals surface area contributed by atoms with Crippen LogP contribution in [0.3, 0.4) is 0 Å². The van der Waals surface area contributed by atoms with E-state index in [9.17, 15) is 4.79 Å². The zero-order chi connectivity index (χ0) is 22.4. The number of hydrogen-bond acceptors (Lipinski definition) is 7. The average molecular weight is 428 g/mol. The number of aromatic nitrogens is 6. The summed E-state index contributed by atoms with van der Waals surface area (Å²) in [5.41, 5.74) is 8.13. The Morgan fingerprint density at radius 1 is 1.16 bits per heavy atom. The van der Waals surface area contributed by atoms with Crippen LogP contribution in [-0.2, 0) is 17.9 Å². The number of anilines is 3. The Morgan fingerprint density at radius 2 is 1.87 bits per heavy atom. The number of nitrogen functional groups attached to an aromatic ring is 1. The Morgan fingerprint density at radius 3 is 2.52 bits per heavy atom. The van der Waals surface area contributed by atoms with Gasteiger partial charge in [-0.25, -0.2) is 9.67 Å². The van der Waals surface area contributed by atoms with Crippen LogP contribution in [0.4, 0.5) is 17.6 Å². The van der Waals surface area contributed by atoms with E-state index < -0.39 is 0 Å². The molecule has 0 unspecified atom stereocenters. The minimum absolute atomic E-state index is 0.0737. The fourth-order valence-electron chi connectivity index (χ4n) is 3.53. The van der Waals surface area contributed by atoms with Crippen molar-refractivity contribution in [3.8, 4) is 0 Å². The van der Waals surface area contributed by atoms with Crippen LogP contribution in [0.5, 0.6) is 0 Å². The molecule has 0 fully saturated rings. The van der Waals surface area contributed by atoms with Crippen LogP contribution in [0.15, 0.2) is 12.4 Å². The molecule has 3 heterocycles. The minimum Gasteiger partial charge on any atom is -0.368 e. The smallest absolute Gasteiger partial charge is 0.245 e. The number of fused-ring (bicyclic) bond motifs is 1. The number of amides is 1. The van der Waals surface area contributed by atoms with E-state index in [1.807, 2.05) is 19.9 Å².